The van der Waals surface area contributed by atoms with Crippen LogP contribution in [0.5, 0.6) is 23.0 Å². The van der Waals surface area contributed by atoms with Crippen molar-refractivity contribution in [1.82, 2.24) is 10.2 Å². The SMILES string of the molecule is COc1ccc2c(c1OC)C(=O)N[C@]2(O)Cc1cc2c(cc1CCN(C)C)OCO2. The Morgan fingerprint density at radius 2 is 1.83 bits per heavy atom. The van der Waals surface area contributed by atoms with Gasteiger partial charge in [-0.05, 0) is 55.9 Å². The number of hydrogen-bond acceptors (Lipinski definition) is 7. The first-order chi connectivity index (χ1) is 14.4. The molecule has 4 rings (SSSR count). The Bertz CT molecular complexity index is 990. The Hall–Kier alpha value is -2.97. The van der Waals surface area contributed by atoms with Crippen molar-refractivity contribution in [3.8, 4) is 23.0 Å². The molecule has 2 aromatic carbocycles. The van der Waals surface area contributed by atoms with Crippen molar-refractivity contribution in [2.75, 3.05) is 41.7 Å². The maximum absolute atomic E-state index is 12.7. The van der Waals surface area contributed by atoms with Crippen LogP contribution in [-0.4, -0.2) is 57.6 Å². The van der Waals surface area contributed by atoms with Crippen LogP contribution in [0.3, 0.4) is 0 Å². The molecule has 0 bridgehead atoms. The third kappa shape index (κ3) is 3.42. The van der Waals surface area contributed by atoms with Gasteiger partial charge in [0.25, 0.3) is 5.91 Å². The Balaban J connectivity index is 1.74. The van der Waals surface area contributed by atoms with Gasteiger partial charge in [-0.15, -0.1) is 0 Å². The normalized spacial score (nSPS) is 19.1. The van der Waals surface area contributed by atoms with Crippen molar-refractivity contribution in [2.24, 2.45) is 0 Å². The van der Waals surface area contributed by atoms with Gasteiger partial charge >= 0.3 is 0 Å². The lowest BCUT2D eigenvalue weighted by atomic mass is 9.90. The number of aliphatic hydroxyl groups is 1. The van der Waals surface area contributed by atoms with Gasteiger partial charge in [0.2, 0.25) is 6.79 Å². The zero-order chi connectivity index (χ0) is 21.5. The maximum atomic E-state index is 12.7. The highest BCUT2D eigenvalue weighted by Crippen LogP contribution is 2.43. The minimum Gasteiger partial charge on any atom is -0.493 e. The van der Waals surface area contributed by atoms with Gasteiger partial charge in [0.1, 0.15) is 0 Å². The molecule has 0 unspecified atom stereocenters. The first-order valence-corrected chi connectivity index (χ1v) is 9.72. The minimum atomic E-state index is -1.58. The summed E-state index contributed by atoms with van der Waals surface area (Å²) in [5.74, 6) is 1.67. The fourth-order valence-electron chi connectivity index (χ4n) is 4.00. The number of nitrogens with one attached hydrogen (secondary N) is 1. The molecule has 1 amide bonds. The molecule has 0 saturated carbocycles. The van der Waals surface area contributed by atoms with Crippen molar-refractivity contribution >= 4 is 5.91 Å². The van der Waals surface area contributed by atoms with E-state index in [4.69, 9.17) is 18.9 Å². The average molecular weight is 414 g/mol. The van der Waals surface area contributed by atoms with Crippen LogP contribution < -0.4 is 24.3 Å². The number of nitrogens with zero attached hydrogens (tertiary/aromatic N) is 1. The van der Waals surface area contributed by atoms with Gasteiger partial charge in [0, 0.05) is 18.5 Å². The van der Waals surface area contributed by atoms with Gasteiger partial charge < -0.3 is 34.3 Å². The number of benzene rings is 2. The molecule has 2 N–H and O–H groups in total. The molecular weight excluding hydrogens is 388 g/mol. The molecule has 8 heteroatoms. The Labute approximate surface area is 175 Å². The first-order valence-electron chi connectivity index (χ1n) is 9.72. The Morgan fingerprint density at radius 1 is 1.13 bits per heavy atom. The summed E-state index contributed by atoms with van der Waals surface area (Å²) in [5.41, 5.74) is 1.08. The van der Waals surface area contributed by atoms with Gasteiger partial charge in [-0.3, -0.25) is 4.79 Å². The lowest BCUT2D eigenvalue weighted by molar-refractivity contribution is 0.0132. The van der Waals surface area contributed by atoms with Gasteiger partial charge in [0.15, 0.2) is 28.7 Å². The molecule has 1 atom stereocenters. The smallest absolute Gasteiger partial charge is 0.258 e. The molecule has 8 nitrogen and oxygen atoms in total. The van der Waals surface area contributed by atoms with Crippen LogP contribution in [0.15, 0.2) is 24.3 Å². The number of carbonyl (C=O) groups excluding carboxylic acids is 1. The van der Waals surface area contributed by atoms with E-state index in [2.05, 4.69) is 10.2 Å². The molecule has 0 radical (unpaired) electrons. The second-order valence-corrected chi connectivity index (χ2v) is 7.74. The highest BCUT2D eigenvalue weighted by molar-refractivity contribution is 6.03. The van der Waals surface area contributed by atoms with Crippen LogP contribution in [0.1, 0.15) is 27.0 Å². The van der Waals surface area contributed by atoms with E-state index in [0.29, 0.717) is 28.6 Å². The standard InChI is InChI=1S/C22H26N2O6/c1-24(2)8-7-13-9-17-18(30-12-29-17)10-14(13)11-22(26)15-5-6-16(27-3)20(28-4)19(15)21(25)23-22/h5-6,9-10,26H,7-8,11-12H2,1-4H3,(H,23,25)/t22-/m0/s1. The van der Waals surface area contributed by atoms with Crippen LogP contribution in [0.4, 0.5) is 0 Å². The highest BCUT2D eigenvalue weighted by Gasteiger charge is 2.44. The zero-order valence-corrected chi connectivity index (χ0v) is 17.6. The van der Waals surface area contributed by atoms with Crippen molar-refractivity contribution in [1.29, 1.82) is 0 Å². The number of hydrogen-bond donors (Lipinski definition) is 2. The average Bonchev–Trinajstić information content (AvgIpc) is 3.27. The number of fused-ring (bicyclic) bond motifs is 2. The molecule has 0 aliphatic carbocycles. The lowest BCUT2D eigenvalue weighted by Crippen LogP contribution is -2.41. The summed E-state index contributed by atoms with van der Waals surface area (Å²) in [5, 5.41) is 14.2. The molecule has 0 aromatic heterocycles. The van der Waals surface area contributed by atoms with Crippen molar-refractivity contribution in [3.63, 3.8) is 0 Å². The summed E-state index contributed by atoms with van der Waals surface area (Å²) in [6.45, 7) is 1.01. The summed E-state index contributed by atoms with van der Waals surface area (Å²) in [6.07, 6.45) is 0.947. The predicted molar refractivity (Wildman–Crippen MR) is 109 cm³/mol. The molecule has 2 heterocycles. The molecule has 2 aliphatic heterocycles. The summed E-state index contributed by atoms with van der Waals surface area (Å²) in [4.78, 5) is 14.8. The highest BCUT2D eigenvalue weighted by atomic mass is 16.7. The third-order valence-electron chi connectivity index (χ3n) is 5.51. The fraction of sp³-hybridized carbons (Fsp3) is 0.409. The number of carbonyl (C=O) groups is 1. The Morgan fingerprint density at radius 3 is 2.47 bits per heavy atom. The summed E-state index contributed by atoms with van der Waals surface area (Å²) in [7, 11) is 6.99. The van der Waals surface area contributed by atoms with Crippen LogP contribution in [0.25, 0.3) is 0 Å². The van der Waals surface area contributed by atoms with Crippen molar-refractivity contribution in [2.45, 2.75) is 18.6 Å². The summed E-state index contributed by atoms with van der Waals surface area (Å²) < 4.78 is 21.8. The molecule has 0 saturated heterocycles. The van der Waals surface area contributed by atoms with Crippen LogP contribution >= 0.6 is 0 Å². The van der Waals surface area contributed by atoms with E-state index in [-0.39, 0.29) is 18.8 Å². The van der Waals surface area contributed by atoms with Gasteiger partial charge in [-0.2, -0.15) is 0 Å². The molecule has 160 valence electrons. The molecule has 0 fully saturated rings. The largest absolute Gasteiger partial charge is 0.493 e. The summed E-state index contributed by atoms with van der Waals surface area (Å²) in [6, 6.07) is 7.23. The zero-order valence-electron chi connectivity index (χ0n) is 17.6. The van der Waals surface area contributed by atoms with Crippen LogP contribution in [0, 0.1) is 0 Å². The second kappa shape index (κ2) is 7.70. The Kier molecular flexibility index (Phi) is 5.21. The molecule has 0 spiro atoms. The topological polar surface area (TPSA) is 89.5 Å². The fourth-order valence-corrected chi connectivity index (χ4v) is 4.00. The van der Waals surface area contributed by atoms with Gasteiger partial charge in [0.05, 0.1) is 19.8 Å². The van der Waals surface area contributed by atoms with E-state index < -0.39 is 11.6 Å². The van der Waals surface area contributed by atoms with E-state index in [1.54, 1.807) is 12.1 Å². The van der Waals surface area contributed by atoms with Crippen molar-refractivity contribution in [3.05, 3.63) is 46.5 Å². The number of likely N-dealkylation sites (N-methyl/N-ethyl adjacent to an activating group) is 1. The van der Waals surface area contributed by atoms with Crippen LogP contribution in [-0.2, 0) is 18.6 Å². The van der Waals surface area contributed by atoms with Crippen LogP contribution in [0.2, 0.25) is 0 Å². The molecule has 2 aliphatic rings. The third-order valence-corrected chi connectivity index (χ3v) is 5.51. The maximum Gasteiger partial charge on any atom is 0.258 e. The quantitative estimate of drug-likeness (QED) is 0.712. The minimum absolute atomic E-state index is 0.173. The van der Waals surface area contributed by atoms with E-state index in [9.17, 15) is 9.90 Å². The second-order valence-electron chi connectivity index (χ2n) is 7.74. The molecule has 30 heavy (non-hydrogen) atoms. The molecule has 2 aromatic rings. The number of rotatable bonds is 7. The first kappa shape index (κ1) is 20.3. The number of amides is 1. The monoisotopic (exact) mass is 414 g/mol. The summed E-state index contributed by atoms with van der Waals surface area (Å²) >= 11 is 0. The number of ether oxygens (including phenoxy) is 4. The molecular formula is C22H26N2O6. The van der Waals surface area contributed by atoms with E-state index in [0.717, 1.165) is 24.1 Å². The van der Waals surface area contributed by atoms with E-state index in [1.165, 1.54) is 14.2 Å². The van der Waals surface area contributed by atoms with Gasteiger partial charge in [-0.1, -0.05) is 0 Å². The van der Waals surface area contributed by atoms with Crippen molar-refractivity contribution < 1.29 is 28.8 Å². The lowest BCUT2D eigenvalue weighted by Gasteiger charge is -2.26. The number of methoxy groups -OCH3 is 2. The van der Waals surface area contributed by atoms with E-state index in [1.807, 2.05) is 26.2 Å². The van der Waals surface area contributed by atoms with E-state index >= 15 is 0 Å². The predicted octanol–water partition coefficient (Wildman–Crippen LogP) is 1.67. The van der Waals surface area contributed by atoms with Gasteiger partial charge in [-0.25, -0.2) is 0 Å².